The van der Waals surface area contributed by atoms with Crippen LogP contribution in [0.25, 0.3) is 0 Å². The third-order valence-corrected chi connectivity index (χ3v) is 1.01. The molecule has 0 aliphatic carbocycles. The van der Waals surface area contributed by atoms with E-state index in [0.29, 0.717) is 0 Å². The van der Waals surface area contributed by atoms with Crippen LogP contribution in [0.3, 0.4) is 0 Å². The molecule has 1 heterocycles. The van der Waals surface area contributed by atoms with Gasteiger partial charge in [0.1, 0.15) is 0 Å². The van der Waals surface area contributed by atoms with Gasteiger partial charge in [-0.25, -0.2) is 9.59 Å². The number of hydrogen-bond donors (Lipinski definition) is 1. The smallest absolute Gasteiger partial charge is 0.348 e. The number of epoxide rings is 1. The maximum absolute atomic E-state index is 9.90. The van der Waals surface area contributed by atoms with Gasteiger partial charge in [0.25, 0.3) is 0 Å². The van der Waals surface area contributed by atoms with Gasteiger partial charge in [-0.3, -0.25) is 0 Å². The minimum absolute atomic E-state index is 0.0370. The molecule has 62 valence electrons. The normalized spacial score (nSPS) is 19.0. The standard InChI is InChI=1S/C4H6O2.C3H4O2/c1-2-3-4(5)6-3;1-2-3(4)5/h3H,2H2,1H3;2H,1H2,(H,4,5). The second-order valence-electron chi connectivity index (χ2n) is 1.88. The zero-order valence-electron chi connectivity index (χ0n) is 6.24. The summed E-state index contributed by atoms with van der Waals surface area (Å²) >= 11 is 0. The van der Waals surface area contributed by atoms with E-state index < -0.39 is 5.97 Å². The van der Waals surface area contributed by atoms with Gasteiger partial charge in [-0.15, -0.1) is 0 Å². The van der Waals surface area contributed by atoms with Crippen molar-refractivity contribution in [2.24, 2.45) is 0 Å². The molecule has 0 aromatic heterocycles. The van der Waals surface area contributed by atoms with Gasteiger partial charge in [0.15, 0.2) is 6.10 Å². The van der Waals surface area contributed by atoms with Crippen molar-refractivity contribution >= 4 is 11.9 Å². The van der Waals surface area contributed by atoms with E-state index >= 15 is 0 Å². The number of cyclic esters (lactones) is 1. The van der Waals surface area contributed by atoms with Crippen LogP contribution in [0.5, 0.6) is 0 Å². The molecule has 0 aromatic carbocycles. The molecule has 0 spiro atoms. The lowest BCUT2D eigenvalue weighted by Crippen LogP contribution is -1.82. The molecule has 1 unspecified atom stereocenters. The molecule has 1 N–H and O–H groups in total. The minimum atomic E-state index is -0.981. The SMILES string of the molecule is C=CC(=O)O.CCC1OC1=O. The van der Waals surface area contributed by atoms with Gasteiger partial charge in [-0.2, -0.15) is 0 Å². The number of rotatable bonds is 2. The second kappa shape index (κ2) is 4.49. The topological polar surface area (TPSA) is 66.9 Å². The Morgan fingerprint density at radius 3 is 2.27 bits per heavy atom. The monoisotopic (exact) mass is 158 g/mol. The number of hydrogen-bond acceptors (Lipinski definition) is 3. The average molecular weight is 158 g/mol. The Kier molecular flexibility index (Phi) is 3.95. The molecule has 4 heteroatoms. The summed E-state index contributed by atoms with van der Waals surface area (Å²) in [6.45, 7) is 4.89. The number of carbonyl (C=O) groups excluding carboxylic acids is 1. The van der Waals surface area contributed by atoms with Gasteiger partial charge in [-0.05, 0) is 6.42 Å². The van der Waals surface area contributed by atoms with E-state index in [9.17, 15) is 9.59 Å². The zero-order valence-corrected chi connectivity index (χ0v) is 6.24. The molecule has 0 aromatic rings. The maximum Gasteiger partial charge on any atom is 0.348 e. The van der Waals surface area contributed by atoms with Gasteiger partial charge in [0.2, 0.25) is 0 Å². The van der Waals surface area contributed by atoms with Gasteiger partial charge < -0.3 is 9.84 Å². The molecule has 1 aliphatic heterocycles. The first kappa shape index (κ1) is 9.68. The van der Waals surface area contributed by atoms with Crippen molar-refractivity contribution in [3.8, 4) is 0 Å². The molecule has 1 saturated heterocycles. The number of carboxylic acid groups (broad SMARTS) is 1. The Morgan fingerprint density at radius 1 is 1.91 bits per heavy atom. The summed E-state index contributed by atoms with van der Waals surface area (Å²) in [5.41, 5.74) is 0. The molecule has 0 bridgehead atoms. The summed E-state index contributed by atoms with van der Waals surface area (Å²) < 4.78 is 4.43. The maximum atomic E-state index is 9.90. The number of carbonyl (C=O) groups is 2. The lowest BCUT2D eigenvalue weighted by Gasteiger charge is -1.65. The van der Waals surface area contributed by atoms with Gasteiger partial charge in [0, 0.05) is 6.08 Å². The van der Waals surface area contributed by atoms with Gasteiger partial charge in [0.05, 0.1) is 0 Å². The van der Waals surface area contributed by atoms with E-state index in [1.807, 2.05) is 6.92 Å². The quantitative estimate of drug-likeness (QED) is 0.471. The Balaban J connectivity index is 0.000000187. The number of carboxylic acids is 1. The fraction of sp³-hybridized carbons (Fsp3) is 0.429. The van der Waals surface area contributed by atoms with Crippen LogP contribution in [0, 0.1) is 0 Å². The van der Waals surface area contributed by atoms with Gasteiger partial charge >= 0.3 is 11.9 Å². The Hall–Kier alpha value is -1.32. The van der Waals surface area contributed by atoms with Crippen molar-refractivity contribution in [3.05, 3.63) is 12.7 Å². The Labute approximate surface area is 64.5 Å². The molecule has 1 fully saturated rings. The predicted molar refractivity (Wildman–Crippen MR) is 38.0 cm³/mol. The Morgan fingerprint density at radius 2 is 2.27 bits per heavy atom. The Bertz CT molecular complexity index is 173. The van der Waals surface area contributed by atoms with Crippen LogP contribution in [-0.2, 0) is 14.3 Å². The highest BCUT2D eigenvalue weighted by atomic mass is 16.6. The van der Waals surface area contributed by atoms with E-state index in [1.165, 1.54) is 0 Å². The van der Waals surface area contributed by atoms with Gasteiger partial charge in [-0.1, -0.05) is 13.5 Å². The van der Waals surface area contributed by atoms with Crippen molar-refractivity contribution in [2.75, 3.05) is 0 Å². The molecule has 1 aliphatic rings. The highest BCUT2D eigenvalue weighted by Gasteiger charge is 2.35. The summed E-state index contributed by atoms with van der Waals surface area (Å²) in [6, 6.07) is 0. The van der Waals surface area contributed by atoms with Crippen LogP contribution < -0.4 is 0 Å². The molecule has 0 saturated carbocycles. The number of ether oxygens (including phenoxy) is 1. The first-order valence-corrected chi connectivity index (χ1v) is 3.17. The minimum Gasteiger partial charge on any atom is -0.478 e. The highest BCUT2D eigenvalue weighted by Crippen LogP contribution is 2.14. The first-order valence-electron chi connectivity index (χ1n) is 3.17. The molecular weight excluding hydrogens is 148 g/mol. The highest BCUT2D eigenvalue weighted by molar-refractivity contribution is 5.87. The summed E-state index contributed by atoms with van der Waals surface area (Å²) in [4.78, 5) is 19.1. The van der Waals surface area contributed by atoms with Crippen LogP contribution in [0.15, 0.2) is 12.7 Å². The van der Waals surface area contributed by atoms with Crippen LogP contribution in [-0.4, -0.2) is 23.1 Å². The van der Waals surface area contributed by atoms with E-state index in [2.05, 4.69) is 11.3 Å². The fourth-order valence-electron chi connectivity index (χ4n) is 0.356. The van der Waals surface area contributed by atoms with Crippen molar-refractivity contribution < 1.29 is 19.4 Å². The molecule has 11 heavy (non-hydrogen) atoms. The van der Waals surface area contributed by atoms with Crippen LogP contribution in [0.2, 0.25) is 0 Å². The fourth-order valence-corrected chi connectivity index (χ4v) is 0.356. The van der Waals surface area contributed by atoms with E-state index in [1.54, 1.807) is 0 Å². The molecule has 1 atom stereocenters. The van der Waals surface area contributed by atoms with Crippen LogP contribution in [0.4, 0.5) is 0 Å². The van der Waals surface area contributed by atoms with Crippen molar-refractivity contribution in [1.29, 1.82) is 0 Å². The largest absolute Gasteiger partial charge is 0.478 e. The van der Waals surface area contributed by atoms with Crippen molar-refractivity contribution in [3.63, 3.8) is 0 Å². The lowest BCUT2D eigenvalue weighted by molar-refractivity contribution is -0.131. The van der Waals surface area contributed by atoms with Crippen molar-refractivity contribution in [1.82, 2.24) is 0 Å². The lowest BCUT2D eigenvalue weighted by atomic mass is 10.4. The summed E-state index contributed by atoms with van der Waals surface area (Å²) in [5.74, 6) is -1.03. The van der Waals surface area contributed by atoms with Crippen LogP contribution >= 0.6 is 0 Å². The zero-order chi connectivity index (χ0) is 8.85. The van der Waals surface area contributed by atoms with Crippen molar-refractivity contribution in [2.45, 2.75) is 19.4 Å². The summed E-state index contributed by atoms with van der Waals surface area (Å²) in [6.07, 6.45) is 1.63. The average Bonchev–Trinajstić information content (AvgIpc) is 2.67. The molecular formula is C7H10O4. The summed E-state index contributed by atoms with van der Waals surface area (Å²) in [7, 11) is 0. The predicted octanol–water partition coefficient (Wildman–Crippen LogP) is 0.579. The first-order chi connectivity index (χ1) is 5.11. The van der Waals surface area contributed by atoms with Crippen LogP contribution in [0.1, 0.15) is 13.3 Å². The molecule has 4 nitrogen and oxygen atoms in total. The third-order valence-electron chi connectivity index (χ3n) is 1.01. The van der Waals surface area contributed by atoms with E-state index in [4.69, 9.17) is 5.11 Å². The second-order valence-corrected chi connectivity index (χ2v) is 1.88. The summed E-state index contributed by atoms with van der Waals surface area (Å²) in [5, 5.41) is 7.60. The van der Waals surface area contributed by atoms with E-state index in [0.717, 1.165) is 12.5 Å². The van der Waals surface area contributed by atoms with E-state index in [-0.39, 0.29) is 12.1 Å². The third kappa shape index (κ3) is 5.14. The molecule has 0 amide bonds. The molecule has 0 radical (unpaired) electrons. The molecule has 1 rings (SSSR count). The number of aliphatic carboxylic acids is 1.